The third kappa shape index (κ3) is 5.34. The van der Waals surface area contributed by atoms with E-state index in [4.69, 9.17) is 0 Å². The number of carbonyl (C=O) groups is 2. The van der Waals surface area contributed by atoms with Crippen LogP contribution in [0.3, 0.4) is 0 Å². The first-order valence-electron chi connectivity index (χ1n) is 13.8. The number of para-hydroxylation sites is 4. The summed E-state index contributed by atoms with van der Waals surface area (Å²) in [5.41, 5.74) is 5.39. The Morgan fingerprint density at radius 3 is 0.833 bits per heavy atom. The first-order valence-corrected chi connectivity index (χ1v) is 13.8. The van der Waals surface area contributed by atoms with Crippen molar-refractivity contribution in [1.29, 1.82) is 0 Å². The Morgan fingerprint density at radius 2 is 0.548 bits per heavy atom. The first kappa shape index (κ1) is 26.5. The van der Waals surface area contributed by atoms with Crippen molar-refractivity contribution in [2.45, 2.75) is 0 Å². The zero-order valence-electron chi connectivity index (χ0n) is 22.9. The van der Waals surface area contributed by atoms with Crippen molar-refractivity contribution in [3.05, 3.63) is 181 Å². The van der Waals surface area contributed by atoms with Crippen molar-refractivity contribution >= 4 is 34.6 Å². The van der Waals surface area contributed by atoms with Crippen molar-refractivity contribution in [1.82, 2.24) is 0 Å². The van der Waals surface area contributed by atoms with Crippen molar-refractivity contribution < 1.29 is 9.59 Å². The quantitative estimate of drug-likeness (QED) is 0.201. The molecule has 6 aromatic carbocycles. The summed E-state index contributed by atoms with van der Waals surface area (Å²) in [4.78, 5) is 32.3. The summed E-state index contributed by atoms with van der Waals surface area (Å²) in [6.45, 7) is 0. The molecule has 6 aromatic rings. The molecule has 0 saturated heterocycles. The first-order chi connectivity index (χ1) is 20.7. The van der Waals surface area contributed by atoms with Gasteiger partial charge in [0.25, 0.3) is 11.8 Å². The van der Waals surface area contributed by atoms with Gasteiger partial charge in [0.05, 0.1) is 0 Å². The second-order valence-electron chi connectivity index (χ2n) is 9.71. The molecule has 2 amide bonds. The molecule has 0 radical (unpaired) electrons. The Bertz CT molecular complexity index is 1590. The molecule has 42 heavy (non-hydrogen) atoms. The van der Waals surface area contributed by atoms with Crippen molar-refractivity contribution in [3.63, 3.8) is 0 Å². The van der Waals surface area contributed by atoms with Gasteiger partial charge in [0.1, 0.15) is 0 Å². The highest BCUT2D eigenvalue weighted by molar-refractivity contribution is 6.18. The largest absolute Gasteiger partial charge is 0.277 e. The minimum Gasteiger partial charge on any atom is -0.277 e. The summed E-state index contributed by atoms with van der Waals surface area (Å²) in [6.07, 6.45) is 0. The molecule has 0 spiro atoms. The fourth-order valence-electron chi connectivity index (χ4n) is 5.13. The maximum Gasteiger partial charge on any atom is 0.263 e. The molecule has 0 N–H and O–H groups in total. The summed E-state index contributed by atoms with van der Waals surface area (Å²) in [7, 11) is 0. The normalized spacial score (nSPS) is 10.6. The second-order valence-corrected chi connectivity index (χ2v) is 9.71. The summed E-state index contributed by atoms with van der Waals surface area (Å²) in [6, 6.07) is 53.4. The fraction of sp³-hybridized carbons (Fsp3) is 0. The van der Waals surface area contributed by atoms with E-state index in [9.17, 15) is 9.59 Å². The number of carbonyl (C=O) groups excluding carboxylic acids is 2. The molecule has 0 aliphatic carbocycles. The lowest BCUT2D eigenvalue weighted by Crippen LogP contribution is -2.28. The van der Waals surface area contributed by atoms with Gasteiger partial charge >= 0.3 is 0 Å². The lowest BCUT2D eigenvalue weighted by molar-refractivity contribution is 0.0990. The molecule has 0 aliphatic rings. The number of amides is 2. The second kappa shape index (κ2) is 12.2. The molecule has 6 rings (SSSR count). The van der Waals surface area contributed by atoms with Crippen LogP contribution in [0.25, 0.3) is 11.1 Å². The van der Waals surface area contributed by atoms with Crippen LogP contribution in [0.5, 0.6) is 0 Å². The van der Waals surface area contributed by atoms with Crippen LogP contribution >= 0.6 is 0 Å². The van der Waals surface area contributed by atoms with Crippen molar-refractivity contribution in [3.8, 4) is 11.1 Å². The van der Waals surface area contributed by atoms with Gasteiger partial charge in [-0.1, -0.05) is 109 Å². The van der Waals surface area contributed by atoms with E-state index in [-0.39, 0.29) is 11.8 Å². The maximum atomic E-state index is 14.4. The molecule has 4 nitrogen and oxygen atoms in total. The number of anilines is 4. The van der Waals surface area contributed by atoms with Crippen LogP contribution in [0.15, 0.2) is 170 Å². The average molecular weight is 545 g/mol. The van der Waals surface area contributed by atoms with Crippen LogP contribution in [-0.4, -0.2) is 11.8 Å². The third-order valence-corrected chi connectivity index (χ3v) is 7.07. The van der Waals surface area contributed by atoms with Crippen LogP contribution in [0.4, 0.5) is 22.7 Å². The standard InChI is InChI=1S/C38H28N2O2/c41-37(39(29-17-5-1-6-18-29)30-19-7-2-8-20-30)35-27-15-13-25-33(35)34-26-14-16-28-36(34)38(42)40(31-21-9-3-10-22-31)32-23-11-4-12-24-32/h1-28H. The molecule has 0 bridgehead atoms. The van der Waals surface area contributed by atoms with E-state index in [0.29, 0.717) is 22.3 Å². The molecule has 0 atom stereocenters. The summed E-state index contributed by atoms with van der Waals surface area (Å²) >= 11 is 0. The molecule has 202 valence electrons. The minimum atomic E-state index is -0.187. The number of nitrogens with zero attached hydrogens (tertiary/aromatic N) is 2. The van der Waals surface area contributed by atoms with E-state index in [0.717, 1.165) is 22.7 Å². The Labute approximate surface area is 245 Å². The van der Waals surface area contributed by atoms with E-state index >= 15 is 0 Å². The summed E-state index contributed by atoms with van der Waals surface area (Å²) < 4.78 is 0. The zero-order chi connectivity index (χ0) is 28.7. The predicted molar refractivity (Wildman–Crippen MR) is 171 cm³/mol. The van der Waals surface area contributed by atoms with Crippen LogP contribution in [0.1, 0.15) is 20.7 Å². The van der Waals surface area contributed by atoms with Gasteiger partial charge in [-0.15, -0.1) is 0 Å². The molecule has 0 saturated carbocycles. The molecule has 0 aromatic heterocycles. The highest BCUT2D eigenvalue weighted by Gasteiger charge is 2.26. The average Bonchev–Trinajstić information content (AvgIpc) is 3.07. The van der Waals surface area contributed by atoms with E-state index in [2.05, 4.69) is 0 Å². The monoisotopic (exact) mass is 544 g/mol. The topological polar surface area (TPSA) is 40.6 Å². The number of rotatable bonds is 7. The van der Waals surface area contributed by atoms with Crippen molar-refractivity contribution in [2.24, 2.45) is 0 Å². The van der Waals surface area contributed by atoms with E-state index < -0.39 is 0 Å². The lowest BCUT2D eigenvalue weighted by Gasteiger charge is -2.26. The van der Waals surface area contributed by atoms with Crippen molar-refractivity contribution in [2.75, 3.05) is 9.80 Å². The Balaban J connectivity index is 1.48. The lowest BCUT2D eigenvalue weighted by atomic mass is 9.93. The van der Waals surface area contributed by atoms with Crippen LogP contribution in [0, 0.1) is 0 Å². The van der Waals surface area contributed by atoms with Crippen LogP contribution in [0.2, 0.25) is 0 Å². The highest BCUT2D eigenvalue weighted by atomic mass is 16.2. The summed E-state index contributed by atoms with van der Waals surface area (Å²) in [5.74, 6) is -0.374. The van der Waals surface area contributed by atoms with Gasteiger partial charge in [-0.05, 0) is 71.8 Å². The minimum absolute atomic E-state index is 0.187. The van der Waals surface area contributed by atoms with Gasteiger partial charge in [0.2, 0.25) is 0 Å². The fourth-order valence-corrected chi connectivity index (χ4v) is 5.13. The summed E-state index contributed by atoms with van der Waals surface area (Å²) in [5, 5.41) is 0. The number of hydrogen-bond acceptors (Lipinski definition) is 2. The Kier molecular flexibility index (Phi) is 7.69. The van der Waals surface area contributed by atoms with Gasteiger partial charge in [-0.25, -0.2) is 0 Å². The molecular weight excluding hydrogens is 516 g/mol. The molecule has 0 unspecified atom stereocenters. The number of benzene rings is 6. The van der Waals surface area contributed by atoms with E-state index in [1.165, 1.54) is 0 Å². The van der Waals surface area contributed by atoms with Crippen LogP contribution in [-0.2, 0) is 0 Å². The zero-order valence-corrected chi connectivity index (χ0v) is 22.9. The Hall–Kier alpha value is -5.74. The van der Waals surface area contributed by atoms with Gasteiger partial charge in [0.15, 0.2) is 0 Å². The predicted octanol–water partition coefficient (Wildman–Crippen LogP) is 9.31. The van der Waals surface area contributed by atoms with E-state index in [1.54, 1.807) is 9.80 Å². The maximum absolute atomic E-state index is 14.4. The molecular formula is C38H28N2O2. The third-order valence-electron chi connectivity index (χ3n) is 7.07. The van der Waals surface area contributed by atoms with Gasteiger partial charge in [-0.2, -0.15) is 0 Å². The van der Waals surface area contributed by atoms with Crippen LogP contribution < -0.4 is 9.80 Å². The highest BCUT2D eigenvalue weighted by Crippen LogP contribution is 2.35. The Morgan fingerprint density at radius 1 is 0.310 bits per heavy atom. The van der Waals surface area contributed by atoms with E-state index in [1.807, 2.05) is 170 Å². The molecule has 0 aliphatic heterocycles. The molecule has 4 heteroatoms. The van der Waals surface area contributed by atoms with Gasteiger partial charge in [-0.3, -0.25) is 19.4 Å². The molecule has 0 heterocycles. The molecule has 0 fully saturated rings. The van der Waals surface area contributed by atoms with Gasteiger partial charge in [0, 0.05) is 33.9 Å². The SMILES string of the molecule is O=C(c1ccccc1-c1ccccc1C(=O)N(c1ccccc1)c1ccccc1)N(c1ccccc1)c1ccccc1. The number of hydrogen-bond donors (Lipinski definition) is 0. The van der Waals surface area contributed by atoms with Gasteiger partial charge < -0.3 is 0 Å². The smallest absolute Gasteiger partial charge is 0.263 e.